The van der Waals surface area contributed by atoms with Crippen molar-refractivity contribution in [1.82, 2.24) is 14.7 Å². The second kappa shape index (κ2) is 16.7. The minimum atomic E-state index is -0.608. The summed E-state index contributed by atoms with van der Waals surface area (Å²) < 4.78 is 15.9. The molecule has 2 aliphatic rings. The summed E-state index contributed by atoms with van der Waals surface area (Å²) in [5.74, 6) is 0.197. The highest BCUT2D eigenvalue weighted by atomic mass is 16.6. The van der Waals surface area contributed by atoms with E-state index < -0.39 is 23.8 Å². The number of piperidine rings is 1. The van der Waals surface area contributed by atoms with Gasteiger partial charge in [0.25, 0.3) is 0 Å². The van der Waals surface area contributed by atoms with Crippen LogP contribution in [0.5, 0.6) is 0 Å². The van der Waals surface area contributed by atoms with Crippen LogP contribution in [-0.4, -0.2) is 101 Å². The maximum Gasteiger partial charge on any atom is 0.410 e. The zero-order chi connectivity index (χ0) is 31.2. The van der Waals surface area contributed by atoms with Gasteiger partial charge in [0.15, 0.2) is 0 Å². The number of likely N-dealkylation sites (tertiary alicyclic amines) is 1. The highest BCUT2D eigenvalue weighted by Gasteiger charge is 2.35. The van der Waals surface area contributed by atoms with Crippen LogP contribution >= 0.6 is 0 Å². The molecule has 236 valence electrons. The molecule has 0 spiro atoms. The first-order valence-corrected chi connectivity index (χ1v) is 14.7. The number of carbonyl (C=O) groups excluding carboxylic acids is 3. The second-order valence-corrected chi connectivity index (χ2v) is 11.7. The van der Waals surface area contributed by atoms with Crippen LogP contribution in [0.4, 0.5) is 14.4 Å². The molecule has 11 heteroatoms. The molecule has 11 nitrogen and oxygen atoms in total. The average Bonchev–Trinajstić information content (AvgIpc) is 3.02. The molecule has 0 radical (unpaired) electrons. The van der Waals surface area contributed by atoms with Crippen LogP contribution in [0.25, 0.3) is 0 Å². The molecule has 0 aliphatic carbocycles. The summed E-state index contributed by atoms with van der Waals surface area (Å²) in [5, 5.41) is 18.7. The van der Waals surface area contributed by atoms with Gasteiger partial charge in [-0.1, -0.05) is 60.7 Å². The Balaban J connectivity index is 0.000000248. The Morgan fingerprint density at radius 2 is 1.28 bits per heavy atom. The number of rotatable bonds is 6. The lowest BCUT2D eigenvalue weighted by Crippen LogP contribution is -2.58. The molecule has 0 aromatic heterocycles. The van der Waals surface area contributed by atoms with Crippen molar-refractivity contribution in [2.24, 2.45) is 5.92 Å². The van der Waals surface area contributed by atoms with Crippen LogP contribution in [0.1, 0.15) is 44.7 Å². The van der Waals surface area contributed by atoms with Gasteiger partial charge in [0.2, 0.25) is 0 Å². The van der Waals surface area contributed by atoms with E-state index in [1.807, 2.05) is 60.7 Å². The lowest BCUT2D eigenvalue weighted by Gasteiger charge is -2.40. The van der Waals surface area contributed by atoms with E-state index in [0.29, 0.717) is 26.2 Å². The Hall–Kier alpha value is -3.83. The molecule has 2 aliphatic heterocycles. The molecule has 2 unspecified atom stereocenters. The number of aliphatic hydroxyl groups excluding tert-OH is 2. The molecule has 3 amide bonds. The number of hydrogen-bond acceptors (Lipinski definition) is 8. The van der Waals surface area contributed by atoms with Crippen molar-refractivity contribution in [2.45, 2.75) is 58.5 Å². The zero-order valence-electron chi connectivity index (χ0n) is 25.4. The molecular formula is C32H45N3O8. The van der Waals surface area contributed by atoms with Crippen LogP contribution in [0, 0.1) is 5.92 Å². The summed E-state index contributed by atoms with van der Waals surface area (Å²) in [6.07, 6.45) is 0.706. The smallest absolute Gasteiger partial charge is 0.410 e. The minimum Gasteiger partial charge on any atom is -0.445 e. The summed E-state index contributed by atoms with van der Waals surface area (Å²) >= 11 is 0. The first-order valence-electron chi connectivity index (χ1n) is 14.7. The first-order chi connectivity index (χ1) is 20.6. The van der Waals surface area contributed by atoms with Crippen molar-refractivity contribution in [3.05, 3.63) is 71.8 Å². The van der Waals surface area contributed by atoms with Crippen molar-refractivity contribution in [3.8, 4) is 0 Å². The van der Waals surface area contributed by atoms with Gasteiger partial charge in [0, 0.05) is 39.3 Å². The van der Waals surface area contributed by atoms with Crippen molar-refractivity contribution in [3.63, 3.8) is 0 Å². The fourth-order valence-electron chi connectivity index (χ4n) is 4.74. The summed E-state index contributed by atoms with van der Waals surface area (Å²) in [7, 11) is 0. The van der Waals surface area contributed by atoms with E-state index in [9.17, 15) is 19.5 Å². The third-order valence-electron chi connectivity index (χ3n) is 7.03. The van der Waals surface area contributed by atoms with Crippen molar-refractivity contribution >= 4 is 18.3 Å². The van der Waals surface area contributed by atoms with E-state index in [1.54, 1.807) is 25.7 Å². The lowest BCUT2D eigenvalue weighted by molar-refractivity contribution is -0.0126. The molecule has 43 heavy (non-hydrogen) atoms. The number of hydrogen-bond donors (Lipinski definition) is 2. The van der Waals surface area contributed by atoms with Gasteiger partial charge < -0.3 is 34.2 Å². The highest BCUT2D eigenvalue weighted by Crippen LogP contribution is 2.18. The number of piperazine rings is 1. The Morgan fingerprint density at radius 3 is 1.77 bits per heavy atom. The van der Waals surface area contributed by atoms with Crippen LogP contribution in [0.15, 0.2) is 60.7 Å². The Kier molecular flexibility index (Phi) is 13.1. The standard InChI is InChI=1S/C18H26N2O5.C14H19NO3/c1-18(2,3)25-17(23)20-10-9-19(11-15(20)12-21)16(22)24-13-14-7-5-4-6-8-14;16-10-13-7-4-8-15(9-13)14(17)18-11-12-5-2-1-3-6-12/h4-8,15,21H,9-13H2,1-3H3;1-3,5-6,13,16H,4,7-11H2. The summed E-state index contributed by atoms with van der Waals surface area (Å²) in [4.78, 5) is 41.0. The number of benzene rings is 2. The predicted molar refractivity (Wildman–Crippen MR) is 160 cm³/mol. The summed E-state index contributed by atoms with van der Waals surface area (Å²) in [5.41, 5.74) is 1.28. The molecule has 2 atom stereocenters. The van der Waals surface area contributed by atoms with Gasteiger partial charge in [-0.3, -0.25) is 4.90 Å². The SMILES string of the molecule is CC(C)(C)OC(=O)N1CCN(C(=O)OCc2ccccc2)CC1CO.O=C(OCc1ccccc1)N1CCCC(CO)C1. The van der Waals surface area contributed by atoms with E-state index >= 15 is 0 Å². The molecule has 2 saturated heterocycles. The van der Waals surface area contributed by atoms with Crippen molar-refractivity contribution in [2.75, 3.05) is 45.9 Å². The molecule has 2 fully saturated rings. The monoisotopic (exact) mass is 599 g/mol. The van der Waals surface area contributed by atoms with E-state index in [4.69, 9.17) is 19.3 Å². The fourth-order valence-corrected chi connectivity index (χ4v) is 4.74. The van der Waals surface area contributed by atoms with Gasteiger partial charge in [-0.15, -0.1) is 0 Å². The molecule has 2 aromatic carbocycles. The number of aliphatic hydroxyl groups is 2. The first kappa shape index (κ1) is 33.7. The molecule has 0 saturated carbocycles. The Labute approximate surface area is 253 Å². The van der Waals surface area contributed by atoms with Crippen molar-refractivity contribution in [1.29, 1.82) is 0 Å². The van der Waals surface area contributed by atoms with Gasteiger partial charge in [-0.25, -0.2) is 14.4 Å². The van der Waals surface area contributed by atoms with Gasteiger partial charge in [0.05, 0.1) is 12.6 Å². The molecule has 2 aromatic rings. The maximum atomic E-state index is 12.2. The van der Waals surface area contributed by atoms with E-state index in [-0.39, 0.29) is 38.4 Å². The topological polar surface area (TPSA) is 129 Å². The van der Waals surface area contributed by atoms with Gasteiger partial charge in [-0.2, -0.15) is 0 Å². The third kappa shape index (κ3) is 11.4. The lowest BCUT2D eigenvalue weighted by atomic mass is 10.00. The van der Waals surface area contributed by atoms with E-state index in [2.05, 4.69) is 0 Å². The average molecular weight is 600 g/mol. The number of amides is 3. The van der Waals surface area contributed by atoms with Crippen LogP contribution < -0.4 is 0 Å². The van der Waals surface area contributed by atoms with Gasteiger partial charge >= 0.3 is 18.3 Å². The second-order valence-electron chi connectivity index (χ2n) is 11.7. The van der Waals surface area contributed by atoms with Crippen LogP contribution in [-0.2, 0) is 27.4 Å². The highest BCUT2D eigenvalue weighted by molar-refractivity contribution is 5.71. The van der Waals surface area contributed by atoms with Crippen LogP contribution in [0.2, 0.25) is 0 Å². The number of ether oxygens (including phenoxy) is 3. The molecular weight excluding hydrogens is 554 g/mol. The molecule has 4 rings (SSSR count). The molecule has 0 bridgehead atoms. The fraction of sp³-hybridized carbons (Fsp3) is 0.531. The minimum absolute atomic E-state index is 0.141. The third-order valence-corrected chi connectivity index (χ3v) is 7.03. The van der Waals surface area contributed by atoms with Gasteiger partial charge in [0.1, 0.15) is 18.8 Å². The summed E-state index contributed by atoms with van der Waals surface area (Å²) in [6, 6.07) is 18.5. The molecule has 2 N–H and O–H groups in total. The van der Waals surface area contributed by atoms with Crippen LogP contribution in [0.3, 0.4) is 0 Å². The van der Waals surface area contributed by atoms with E-state index in [0.717, 1.165) is 30.5 Å². The molecule has 2 heterocycles. The quantitative estimate of drug-likeness (QED) is 0.472. The zero-order valence-corrected chi connectivity index (χ0v) is 25.4. The number of nitrogens with zero attached hydrogens (tertiary/aromatic N) is 3. The Bertz CT molecular complexity index is 1140. The largest absolute Gasteiger partial charge is 0.445 e. The maximum absolute atomic E-state index is 12.2. The van der Waals surface area contributed by atoms with Crippen molar-refractivity contribution < 1.29 is 38.8 Å². The van der Waals surface area contributed by atoms with E-state index in [1.165, 1.54) is 9.80 Å². The van der Waals surface area contributed by atoms with Gasteiger partial charge in [-0.05, 0) is 50.7 Å². The number of carbonyl (C=O) groups is 3. The Morgan fingerprint density at radius 1 is 0.744 bits per heavy atom. The summed E-state index contributed by atoms with van der Waals surface area (Å²) in [6.45, 7) is 7.92. The normalized spacial score (nSPS) is 18.7. The predicted octanol–water partition coefficient (Wildman–Crippen LogP) is 4.26.